The number of phenols is 1. The molecule has 1 fully saturated rings. The number of carbonyl (C=O) groups excluding carboxylic acids is 1. The Morgan fingerprint density at radius 2 is 1.75 bits per heavy atom. The van der Waals surface area contributed by atoms with Crippen molar-refractivity contribution in [2.75, 3.05) is 10.8 Å². The number of hydrogen-bond donors (Lipinski definition) is 2. The van der Waals surface area contributed by atoms with Crippen LogP contribution in [0.3, 0.4) is 0 Å². The second-order valence-corrected chi connectivity index (χ2v) is 5.82. The standard InChI is InChI=1S/C12H10N2O4S.K/c15-11-6-9-4-2-1-3-8(9)5-10(11)14-7-12(16)13-19(14,17)18;/h1-6,15H,7H2,(H,13,16);. The molecule has 8 heteroatoms. The molecule has 1 saturated heterocycles. The van der Waals surface area contributed by atoms with E-state index in [9.17, 15) is 18.3 Å². The number of nitrogens with one attached hydrogen (secondary N) is 1. The Morgan fingerprint density at radius 1 is 1.15 bits per heavy atom. The number of fused-ring (bicyclic) bond motifs is 1. The van der Waals surface area contributed by atoms with Crippen LogP contribution in [0.4, 0.5) is 5.69 Å². The summed E-state index contributed by atoms with van der Waals surface area (Å²) in [6, 6.07) is 10.3. The summed E-state index contributed by atoms with van der Waals surface area (Å²) >= 11 is 0. The summed E-state index contributed by atoms with van der Waals surface area (Å²) in [7, 11) is -3.91. The largest absolute Gasteiger partial charge is 0.506 e. The molecule has 1 aliphatic heterocycles. The van der Waals surface area contributed by atoms with Crippen molar-refractivity contribution in [2.45, 2.75) is 0 Å². The number of benzene rings is 2. The normalized spacial score (nSPS) is 16.8. The van der Waals surface area contributed by atoms with Gasteiger partial charge in [0, 0.05) is 51.4 Å². The van der Waals surface area contributed by atoms with E-state index < -0.39 is 16.1 Å². The van der Waals surface area contributed by atoms with E-state index in [-0.39, 0.29) is 69.4 Å². The van der Waals surface area contributed by atoms with Gasteiger partial charge in [0.05, 0.1) is 5.69 Å². The fourth-order valence-corrected chi connectivity index (χ4v) is 3.23. The van der Waals surface area contributed by atoms with Crippen molar-refractivity contribution in [3.63, 3.8) is 0 Å². The van der Waals surface area contributed by atoms with Gasteiger partial charge >= 0.3 is 10.2 Å². The minimum atomic E-state index is -3.91. The summed E-state index contributed by atoms with van der Waals surface area (Å²) < 4.78 is 26.2. The molecule has 2 aromatic rings. The molecular formula is C12H10KN2O4S. The first-order chi connectivity index (χ1) is 8.97. The van der Waals surface area contributed by atoms with Gasteiger partial charge in [-0.3, -0.25) is 4.79 Å². The Hall–Kier alpha value is -0.644. The SMILES string of the molecule is O=C1CN(c2cc3ccccc3cc2O)S(=O)(=O)N1.[K]. The number of nitrogens with zero attached hydrogens (tertiary/aromatic N) is 1. The molecule has 3 rings (SSSR count). The molecule has 0 atom stereocenters. The molecule has 2 N–H and O–H groups in total. The molecule has 2 aromatic carbocycles. The number of rotatable bonds is 1. The third-order valence-electron chi connectivity index (χ3n) is 2.93. The molecule has 0 aliphatic carbocycles. The summed E-state index contributed by atoms with van der Waals surface area (Å²) in [4.78, 5) is 11.2. The number of phenolic OH excluding ortho intramolecular Hbond substituents is 1. The van der Waals surface area contributed by atoms with Gasteiger partial charge in [0.25, 0.3) is 5.91 Å². The van der Waals surface area contributed by atoms with Crippen molar-refractivity contribution < 1.29 is 18.3 Å². The van der Waals surface area contributed by atoms with E-state index in [0.29, 0.717) is 0 Å². The molecular weight excluding hydrogens is 307 g/mol. The summed E-state index contributed by atoms with van der Waals surface area (Å²) in [5.74, 6) is -0.800. The maximum Gasteiger partial charge on any atom is 0.326 e. The van der Waals surface area contributed by atoms with Crippen LogP contribution in [0.5, 0.6) is 5.75 Å². The molecule has 0 aromatic heterocycles. The van der Waals surface area contributed by atoms with Gasteiger partial charge in [0.2, 0.25) is 0 Å². The van der Waals surface area contributed by atoms with Crippen molar-refractivity contribution in [1.29, 1.82) is 0 Å². The van der Waals surface area contributed by atoms with E-state index >= 15 is 0 Å². The van der Waals surface area contributed by atoms with Crippen LogP contribution >= 0.6 is 0 Å². The Morgan fingerprint density at radius 3 is 2.30 bits per heavy atom. The smallest absolute Gasteiger partial charge is 0.326 e. The molecule has 20 heavy (non-hydrogen) atoms. The number of anilines is 1. The predicted octanol–water partition coefficient (Wildman–Crippen LogP) is 0.346. The first kappa shape index (κ1) is 15.7. The van der Waals surface area contributed by atoms with E-state index in [4.69, 9.17) is 0 Å². The number of aromatic hydroxyl groups is 1. The monoisotopic (exact) mass is 317 g/mol. The minimum absolute atomic E-state index is 0. The van der Waals surface area contributed by atoms with Crippen LogP contribution in [0.1, 0.15) is 0 Å². The third kappa shape index (κ3) is 2.71. The van der Waals surface area contributed by atoms with Gasteiger partial charge < -0.3 is 5.11 Å². The first-order valence-corrected chi connectivity index (χ1v) is 6.96. The maximum absolute atomic E-state index is 11.7. The van der Waals surface area contributed by atoms with Crippen molar-refractivity contribution in [3.05, 3.63) is 36.4 Å². The van der Waals surface area contributed by atoms with Gasteiger partial charge in [-0.25, -0.2) is 9.03 Å². The molecule has 1 amide bonds. The first-order valence-electron chi connectivity index (χ1n) is 5.52. The van der Waals surface area contributed by atoms with E-state index in [1.165, 1.54) is 6.07 Å². The summed E-state index contributed by atoms with van der Waals surface area (Å²) in [6.45, 7) is -0.325. The number of amides is 1. The minimum Gasteiger partial charge on any atom is -0.506 e. The molecule has 0 bridgehead atoms. The summed E-state index contributed by atoms with van der Waals surface area (Å²) in [5.41, 5.74) is 0.0945. The van der Waals surface area contributed by atoms with Crippen LogP contribution in [0.2, 0.25) is 0 Å². The van der Waals surface area contributed by atoms with Crippen LogP contribution < -0.4 is 9.03 Å². The topological polar surface area (TPSA) is 86.7 Å². The quantitative estimate of drug-likeness (QED) is 0.743. The van der Waals surface area contributed by atoms with Gasteiger partial charge in [-0.05, 0) is 22.9 Å². The van der Waals surface area contributed by atoms with Crippen LogP contribution in [-0.2, 0) is 15.0 Å². The van der Waals surface area contributed by atoms with E-state index in [1.54, 1.807) is 18.2 Å². The van der Waals surface area contributed by atoms with Gasteiger partial charge in [-0.1, -0.05) is 24.3 Å². The van der Waals surface area contributed by atoms with Crippen LogP contribution in [0, 0.1) is 0 Å². The molecule has 99 valence electrons. The number of carbonyl (C=O) groups is 1. The van der Waals surface area contributed by atoms with Crippen molar-refractivity contribution in [1.82, 2.24) is 4.72 Å². The zero-order valence-electron chi connectivity index (χ0n) is 10.7. The fraction of sp³-hybridized carbons (Fsp3) is 0.0833. The average molecular weight is 317 g/mol. The second-order valence-electron chi connectivity index (χ2n) is 4.22. The van der Waals surface area contributed by atoms with E-state index in [1.807, 2.05) is 16.9 Å². The molecule has 0 saturated carbocycles. The molecule has 6 nitrogen and oxygen atoms in total. The zero-order valence-corrected chi connectivity index (χ0v) is 14.6. The van der Waals surface area contributed by atoms with Crippen LogP contribution in [0.25, 0.3) is 10.8 Å². The molecule has 1 aliphatic rings. The second kappa shape index (κ2) is 5.62. The fourth-order valence-electron chi connectivity index (χ4n) is 2.08. The van der Waals surface area contributed by atoms with Crippen LogP contribution in [-0.4, -0.2) is 77.4 Å². The Bertz CT molecular complexity index is 791. The van der Waals surface area contributed by atoms with Gasteiger partial charge in [0.15, 0.2) is 0 Å². The Labute approximate surface area is 158 Å². The van der Waals surface area contributed by atoms with Crippen molar-refractivity contribution in [3.8, 4) is 5.75 Å². The van der Waals surface area contributed by atoms with E-state index in [2.05, 4.69) is 0 Å². The van der Waals surface area contributed by atoms with E-state index in [0.717, 1.165) is 15.1 Å². The summed E-state index contributed by atoms with van der Waals surface area (Å²) in [6.07, 6.45) is 0. The predicted molar refractivity (Wildman–Crippen MR) is 75.8 cm³/mol. The molecule has 1 radical (unpaired) electrons. The summed E-state index contributed by atoms with van der Waals surface area (Å²) in [5, 5.41) is 11.5. The molecule has 0 unspecified atom stereocenters. The van der Waals surface area contributed by atoms with Gasteiger partial charge in [0.1, 0.15) is 12.3 Å². The zero-order chi connectivity index (χ0) is 13.6. The van der Waals surface area contributed by atoms with Crippen molar-refractivity contribution >= 4 is 84.0 Å². The average Bonchev–Trinajstić information content (AvgIpc) is 2.61. The maximum atomic E-state index is 11.7. The van der Waals surface area contributed by atoms with Gasteiger partial charge in [-0.2, -0.15) is 8.42 Å². The third-order valence-corrected chi connectivity index (χ3v) is 4.32. The number of hydrogen-bond acceptors (Lipinski definition) is 4. The Balaban J connectivity index is 0.00000147. The Kier molecular flexibility index (Phi) is 4.43. The molecule has 1 heterocycles. The van der Waals surface area contributed by atoms with Gasteiger partial charge in [-0.15, -0.1) is 0 Å². The van der Waals surface area contributed by atoms with Crippen molar-refractivity contribution in [2.24, 2.45) is 0 Å². The molecule has 0 spiro atoms. The van der Waals surface area contributed by atoms with Crippen LogP contribution in [0.15, 0.2) is 36.4 Å².